The van der Waals surface area contributed by atoms with Crippen molar-refractivity contribution in [1.82, 2.24) is 40.9 Å². The van der Waals surface area contributed by atoms with Crippen LogP contribution in [0.4, 0.5) is 13.6 Å². The van der Waals surface area contributed by atoms with Crippen molar-refractivity contribution in [3.63, 3.8) is 0 Å². The van der Waals surface area contributed by atoms with E-state index in [9.17, 15) is 71.1 Å². The summed E-state index contributed by atoms with van der Waals surface area (Å²) < 4.78 is 46.1. The minimum absolute atomic E-state index is 0.0478. The monoisotopic (exact) mass is 1200 g/mol. The van der Waals surface area contributed by atoms with Crippen molar-refractivity contribution >= 4 is 88.3 Å². The number of nitrogens with two attached hydrogens (primary N) is 1. The van der Waals surface area contributed by atoms with Crippen LogP contribution in [0.3, 0.4) is 0 Å². The van der Waals surface area contributed by atoms with E-state index in [0.717, 1.165) is 61.8 Å². The Hall–Kier alpha value is -7.33. The molecule has 6 aliphatic rings. The molecule has 450 valence electrons. The van der Waals surface area contributed by atoms with Crippen molar-refractivity contribution in [3.8, 4) is 11.8 Å². The van der Waals surface area contributed by atoms with E-state index in [2.05, 4.69) is 33.1 Å². The van der Waals surface area contributed by atoms with Gasteiger partial charge in [-0.25, -0.2) is 4.79 Å². The molecule has 8 N–H and O–H groups in total. The molecule has 6 atom stereocenters. The van der Waals surface area contributed by atoms with E-state index in [1.807, 2.05) is 6.07 Å². The van der Waals surface area contributed by atoms with Crippen LogP contribution in [-0.2, 0) is 55.1 Å². The Morgan fingerprint density at radius 1 is 0.917 bits per heavy atom. The van der Waals surface area contributed by atoms with E-state index in [-0.39, 0.29) is 97.9 Å². The minimum atomic E-state index is -5.91. The van der Waals surface area contributed by atoms with Crippen LogP contribution in [0.1, 0.15) is 139 Å². The molecule has 27 heteroatoms. The Morgan fingerprint density at radius 3 is 2.36 bits per heavy atom. The molecule has 1 aromatic heterocycles. The number of fused-ring (bicyclic) bond motifs is 3. The van der Waals surface area contributed by atoms with Crippen LogP contribution in [0, 0.1) is 23.7 Å². The van der Waals surface area contributed by atoms with Gasteiger partial charge in [-0.05, 0) is 117 Å². The number of nitrogens with zero attached hydrogens (tertiary/aromatic N) is 4. The summed E-state index contributed by atoms with van der Waals surface area (Å²) in [5.41, 5.74) is 2.00. The Kier molecular flexibility index (Phi) is 18.9. The number of primary amides is 1. The van der Waals surface area contributed by atoms with Crippen molar-refractivity contribution in [2.75, 3.05) is 33.3 Å². The second kappa shape index (κ2) is 25.9. The number of methoxy groups -OCH3 is 1. The van der Waals surface area contributed by atoms with Crippen LogP contribution in [-0.4, -0.2) is 158 Å². The van der Waals surface area contributed by atoms with Gasteiger partial charge in [0.2, 0.25) is 41.4 Å². The molecule has 5 fully saturated rings. The predicted molar refractivity (Wildman–Crippen MR) is 298 cm³/mol. The maximum atomic E-state index is 14.8. The first-order valence-electron chi connectivity index (χ1n) is 28.4. The van der Waals surface area contributed by atoms with Gasteiger partial charge in [-0.1, -0.05) is 43.2 Å². The molecular weight excluding hydrogens is 1140 g/mol. The lowest BCUT2D eigenvalue weighted by molar-refractivity contribution is -0.144. The minimum Gasteiger partial charge on any atom is -0.453 e. The number of hydrogen-bond donors (Lipinski definition) is 7. The van der Waals surface area contributed by atoms with Gasteiger partial charge in [-0.2, -0.15) is 8.78 Å². The molecule has 5 aliphatic heterocycles. The summed E-state index contributed by atoms with van der Waals surface area (Å²) in [6, 6.07) is 3.03. The molecule has 23 nitrogen and oxygen atoms in total. The molecule has 6 heterocycles. The molecule has 10 amide bonds. The molecule has 4 saturated heterocycles. The molecule has 84 heavy (non-hydrogen) atoms. The van der Waals surface area contributed by atoms with Crippen LogP contribution in [0.5, 0.6) is 0 Å². The summed E-state index contributed by atoms with van der Waals surface area (Å²) in [6.07, 6.45) is 6.36. The van der Waals surface area contributed by atoms with Crippen LogP contribution in [0.25, 0.3) is 10.1 Å². The quantitative estimate of drug-likeness (QED) is 0.0611. The topological polar surface area (TPSA) is 325 Å². The average molecular weight is 1200 g/mol. The van der Waals surface area contributed by atoms with Crippen LogP contribution in [0.2, 0.25) is 0 Å². The molecule has 3 aromatic rings. The highest BCUT2D eigenvalue weighted by atomic mass is 32.1. The highest BCUT2D eigenvalue weighted by Gasteiger charge is 2.51. The van der Waals surface area contributed by atoms with Crippen molar-refractivity contribution in [3.05, 3.63) is 69.6 Å². The largest absolute Gasteiger partial charge is 0.453 e. The Balaban J connectivity index is 0.844. The number of nitrogens with one attached hydrogen (secondary N) is 4. The van der Waals surface area contributed by atoms with Gasteiger partial charge in [-0.15, -0.1) is 11.3 Å². The third-order valence-corrected chi connectivity index (χ3v) is 19.2. The number of rotatable bonds is 16. The number of ether oxygens (including phenoxy) is 1. The van der Waals surface area contributed by atoms with E-state index in [1.165, 1.54) is 26.8 Å². The standard InChI is InChI=1S/C57H68F2N9O14PS/c1-82-56(78)66-27-24-37-15-17-43(68(37)54(76)41(31-66)62-52(74)45-29-35-28-36(14-19-44(35)84-45)57(58,59)83(79,80)81)51(73)61-40(16-20-46(60)69)49(71)64-48(34-10-3-2-4-11-34)55(77)65-25-22-32(23-26-65)8-5-6-9-33-12-7-13-38-39(33)30-67(53(38)75)42-18-21-47(70)63-50(42)72/h7,12-14,19,28-29,32,34,37,40-43,48H,2-5,8,10-11,15-18,20-27,30-31H2,1H3,(H2,60,69)(H,61,73)(H,62,74)(H,64,71)(H,63,70,72)(H2,79,80,81)/t37-,40?,41+,42?,43+,48?/m1/s1. The van der Waals surface area contributed by atoms with Gasteiger partial charge >= 0.3 is 19.4 Å². The second-order valence-corrected chi connectivity index (χ2v) is 25.2. The van der Waals surface area contributed by atoms with Gasteiger partial charge in [0.05, 0.1) is 18.5 Å². The summed E-state index contributed by atoms with van der Waals surface area (Å²) >= 11 is 0.850. The fourth-order valence-electron chi connectivity index (χ4n) is 12.5. The maximum absolute atomic E-state index is 14.8. The number of thiophene rings is 1. The van der Waals surface area contributed by atoms with E-state index in [0.29, 0.717) is 61.0 Å². The summed E-state index contributed by atoms with van der Waals surface area (Å²) in [5, 5.41) is 10.7. The van der Waals surface area contributed by atoms with Crippen LogP contribution < -0.4 is 27.0 Å². The van der Waals surface area contributed by atoms with Gasteiger partial charge < -0.3 is 55.8 Å². The number of amides is 10. The van der Waals surface area contributed by atoms with Gasteiger partial charge in [0.25, 0.3) is 11.8 Å². The van der Waals surface area contributed by atoms with E-state index < -0.39 is 103 Å². The first-order valence-corrected chi connectivity index (χ1v) is 30.8. The number of piperidine rings is 2. The summed E-state index contributed by atoms with van der Waals surface area (Å²) in [5.74, 6) is 1.33. The highest BCUT2D eigenvalue weighted by molar-refractivity contribution is 7.52. The van der Waals surface area contributed by atoms with Crippen molar-refractivity contribution in [1.29, 1.82) is 0 Å². The smallest absolute Gasteiger partial charge is 0.409 e. The molecule has 2 aromatic carbocycles. The average Bonchev–Trinajstić information content (AvgIpc) is 4.30. The van der Waals surface area contributed by atoms with Crippen LogP contribution in [0.15, 0.2) is 42.5 Å². The van der Waals surface area contributed by atoms with Crippen molar-refractivity contribution in [2.24, 2.45) is 17.6 Å². The fraction of sp³-hybridized carbons (Fsp3) is 0.544. The summed E-state index contributed by atoms with van der Waals surface area (Å²) in [4.78, 5) is 160. The third kappa shape index (κ3) is 13.4. The second-order valence-electron chi connectivity index (χ2n) is 22.5. The number of halogens is 2. The van der Waals surface area contributed by atoms with Gasteiger partial charge in [0.1, 0.15) is 30.2 Å². The molecule has 0 radical (unpaired) electrons. The highest BCUT2D eigenvalue weighted by Crippen LogP contribution is 2.59. The number of likely N-dealkylation sites (tertiary alicyclic amines) is 1. The molecule has 3 unspecified atom stereocenters. The lowest BCUT2D eigenvalue weighted by atomic mass is 9.82. The normalized spacial score (nSPS) is 22.4. The number of alkyl halides is 2. The number of carbonyl (C=O) groups excluding carboxylic acids is 10. The van der Waals surface area contributed by atoms with Gasteiger partial charge in [-0.3, -0.25) is 53.0 Å². The molecule has 9 rings (SSSR count). The van der Waals surface area contributed by atoms with Crippen LogP contribution >= 0.6 is 18.9 Å². The maximum Gasteiger partial charge on any atom is 0.409 e. The van der Waals surface area contributed by atoms with Crippen molar-refractivity contribution in [2.45, 2.75) is 151 Å². The SMILES string of the molecule is COC(=O)N1CC[C@H]2CC[C@@H](C(=O)NC(CCC(N)=O)C(=O)NC(C(=O)N3CCC(CCC#Cc4cccc5c4CN(C4CCC(=O)NC4=O)C5=O)CC3)C3CCCCC3)N2C(=O)[C@@H](NC(=O)c2cc3cc(C(F)(F)P(=O)(O)O)ccc3s2)C1. The third-order valence-electron chi connectivity index (χ3n) is 17.1. The van der Waals surface area contributed by atoms with E-state index >= 15 is 0 Å². The van der Waals surface area contributed by atoms with E-state index in [1.54, 1.807) is 17.0 Å². The lowest BCUT2D eigenvalue weighted by Gasteiger charge is -2.39. The Bertz CT molecular complexity index is 3240. The van der Waals surface area contributed by atoms with Gasteiger partial charge in [0, 0.05) is 72.9 Å². The fourth-order valence-corrected chi connectivity index (χ4v) is 13.9. The number of benzene rings is 2. The number of hydrogen-bond acceptors (Lipinski definition) is 13. The molecule has 1 saturated carbocycles. The van der Waals surface area contributed by atoms with Gasteiger partial charge in [0.15, 0.2) is 0 Å². The number of imide groups is 1. The first-order chi connectivity index (χ1) is 40.0. The zero-order chi connectivity index (χ0) is 60.2. The Labute approximate surface area is 486 Å². The first kappa shape index (κ1) is 61.2. The Morgan fingerprint density at radius 2 is 1.65 bits per heavy atom. The predicted octanol–water partition coefficient (Wildman–Crippen LogP) is 3.71. The zero-order valence-corrected chi connectivity index (χ0v) is 48.0. The molecule has 1 aliphatic carbocycles. The summed E-state index contributed by atoms with van der Waals surface area (Å²) in [6.45, 7) is 0.728. The molecule has 0 spiro atoms. The van der Waals surface area contributed by atoms with Crippen molar-refractivity contribution < 1.29 is 75.8 Å². The van der Waals surface area contributed by atoms with E-state index in [4.69, 9.17) is 10.5 Å². The lowest BCUT2D eigenvalue weighted by Crippen LogP contribution is -2.62. The number of carbonyl (C=O) groups is 10. The molecular formula is C57H68F2N9O14PS. The molecule has 0 bridgehead atoms. The summed E-state index contributed by atoms with van der Waals surface area (Å²) in [7, 11) is -4.76. The zero-order valence-electron chi connectivity index (χ0n) is 46.3.